The van der Waals surface area contributed by atoms with Crippen LogP contribution in [-0.4, -0.2) is 47.0 Å². The van der Waals surface area contributed by atoms with Gasteiger partial charge in [0.2, 0.25) is 11.9 Å². The third-order valence-corrected chi connectivity index (χ3v) is 5.44. The van der Waals surface area contributed by atoms with Crippen molar-refractivity contribution in [2.24, 2.45) is 0 Å². The Bertz CT molecular complexity index is 975. The summed E-state index contributed by atoms with van der Waals surface area (Å²) in [6.07, 6.45) is 3.48. The molecule has 8 heteroatoms. The SMILES string of the molecule is O=C(Nc1cc(Cl)cc(Cl)c1)C(c1ccccc1)N1CCN(c2ncccn2)CC1. The number of rotatable bonds is 5. The van der Waals surface area contributed by atoms with Crippen LogP contribution in [0.2, 0.25) is 10.0 Å². The Morgan fingerprint density at radius 2 is 1.53 bits per heavy atom. The molecule has 1 aliphatic heterocycles. The molecule has 1 unspecified atom stereocenters. The van der Waals surface area contributed by atoms with Crippen molar-refractivity contribution in [2.75, 3.05) is 36.4 Å². The van der Waals surface area contributed by atoms with Crippen molar-refractivity contribution in [3.63, 3.8) is 0 Å². The summed E-state index contributed by atoms with van der Waals surface area (Å²) in [6, 6.07) is 16.2. The lowest BCUT2D eigenvalue weighted by atomic mass is 10.0. The molecule has 1 aromatic heterocycles. The van der Waals surface area contributed by atoms with Gasteiger partial charge in [0.1, 0.15) is 6.04 Å². The molecule has 0 bridgehead atoms. The summed E-state index contributed by atoms with van der Waals surface area (Å²) in [5.41, 5.74) is 1.52. The lowest BCUT2D eigenvalue weighted by Gasteiger charge is -2.38. The second-order valence-electron chi connectivity index (χ2n) is 7.03. The fourth-order valence-electron chi connectivity index (χ4n) is 3.63. The number of hydrogen-bond donors (Lipinski definition) is 1. The monoisotopic (exact) mass is 441 g/mol. The Hall–Kier alpha value is -2.67. The van der Waals surface area contributed by atoms with Gasteiger partial charge in [-0.1, -0.05) is 53.5 Å². The molecule has 1 atom stereocenters. The highest BCUT2D eigenvalue weighted by Crippen LogP contribution is 2.27. The van der Waals surface area contributed by atoms with Gasteiger partial charge in [-0.2, -0.15) is 0 Å². The van der Waals surface area contributed by atoms with Gasteiger partial charge in [-0.05, 0) is 29.8 Å². The van der Waals surface area contributed by atoms with Gasteiger partial charge in [-0.25, -0.2) is 9.97 Å². The zero-order valence-corrected chi connectivity index (χ0v) is 17.7. The van der Waals surface area contributed by atoms with Crippen LogP contribution in [0, 0.1) is 0 Å². The van der Waals surface area contributed by atoms with Crippen LogP contribution in [-0.2, 0) is 4.79 Å². The van der Waals surface area contributed by atoms with Crippen LogP contribution in [0.1, 0.15) is 11.6 Å². The van der Waals surface area contributed by atoms with Crippen LogP contribution in [0.3, 0.4) is 0 Å². The Kier molecular flexibility index (Phi) is 6.47. The lowest BCUT2D eigenvalue weighted by Crippen LogP contribution is -2.50. The molecule has 1 fully saturated rings. The standard InChI is InChI=1S/C22H21Cl2N5O/c23-17-13-18(24)15-19(14-17)27-21(30)20(16-5-2-1-3-6-16)28-9-11-29(12-10-28)22-25-7-4-8-26-22/h1-8,13-15,20H,9-12H2,(H,27,30). The third kappa shape index (κ3) is 4.90. The highest BCUT2D eigenvalue weighted by atomic mass is 35.5. The van der Waals surface area contributed by atoms with E-state index >= 15 is 0 Å². The van der Waals surface area contributed by atoms with Gasteiger partial charge in [0.05, 0.1) is 0 Å². The van der Waals surface area contributed by atoms with Gasteiger partial charge in [0.15, 0.2) is 0 Å². The number of halogens is 2. The van der Waals surface area contributed by atoms with E-state index in [1.54, 1.807) is 36.7 Å². The van der Waals surface area contributed by atoms with E-state index in [0.29, 0.717) is 34.8 Å². The quantitative estimate of drug-likeness (QED) is 0.639. The molecule has 0 radical (unpaired) electrons. The maximum Gasteiger partial charge on any atom is 0.246 e. The molecule has 154 valence electrons. The van der Waals surface area contributed by atoms with E-state index in [9.17, 15) is 4.79 Å². The summed E-state index contributed by atoms with van der Waals surface area (Å²) < 4.78 is 0. The predicted octanol–water partition coefficient (Wildman–Crippen LogP) is 4.29. The first-order valence-electron chi connectivity index (χ1n) is 9.68. The maximum atomic E-state index is 13.3. The fraction of sp³-hybridized carbons (Fsp3) is 0.227. The first kappa shape index (κ1) is 20.6. The number of anilines is 2. The number of carbonyl (C=O) groups is 1. The first-order chi connectivity index (χ1) is 14.6. The van der Waals surface area contributed by atoms with Crippen LogP contribution >= 0.6 is 23.2 Å². The van der Waals surface area contributed by atoms with Gasteiger partial charge in [-0.3, -0.25) is 9.69 Å². The van der Waals surface area contributed by atoms with Crippen LogP contribution < -0.4 is 10.2 Å². The van der Waals surface area contributed by atoms with Crippen molar-refractivity contribution < 1.29 is 4.79 Å². The number of nitrogens with zero attached hydrogens (tertiary/aromatic N) is 4. The number of amides is 1. The summed E-state index contributed by atoms with van der Waals surface area (Å²) in [7, 11) is 0. The number of piperazine rings is 1. The number of aromatic nitrogens is 2. The minimum absolute atomic E-state index is 0.121. The zero-order chi connectivity index (χ0) is 20.9. The van der Waals surface area contributed by atoms with Gasteiger partial charge in [-0.15, -0.1) is 0 Å². The molecule has 0 spiro atoms. The van der Waals surface area contributed by atoms with Gasteiger partial charge in [0.25, 0.3) is 0 Å². The van der Waals surface area contributed by atoms with Crippen LogP contribution in [0.5, 0.6) is 0 Å². The van der Waals surface area contributed by atoms with E-state index in [-0.39, 0.29) is 5.91 Å². The van der Waals surface area contributed by atoms with E-state index in [1.165, 1.54) is 0 Å². The van der Waals surface area contributed by atoms with E-state index < -0.39 is 6.04 Å². The van der Waals surface area contributed by atoms with E-state index in [4.69, 9.17) is 23.2 Å². The molecular weight excluding hydrogens is 421 g/mol. The minimum atomic E-state index is -0.428. The Labute approximate surface area is 185 Å². The Morgan fingerprint density at radius 3 is 2.17 bits per heavy atom. The average molecular weight is 442 g/mol. The molecule has 2 heterocycles. The van der Waals surface area contributed by atoms with E-state index in [0.717, 1.165) is 18.7 Å². The molecule has 1 saturated heterocycles. The van der Waals surface area contributed by atoms with Crippen molar-refractivity contribution in [1.29, 1.82) is 0 Å². The van der Waals surface area contributed by atoms with Crippen LogP contribution in [0.15, 0.2) is 67.0 Å². The predicted molar refractivity (Wildman–Crippen MR) is 120 cm³/mol. The normalized spacial score (nSPS) is 15.6. The Balaban J connectivity index is 1.53. The molecule has 30 heavy (non-hydrogen) atoms. The van der Waals surface area contributed by atoms with Crippen molar-refractivity contribution in [3.05, 3.63) is 82.6 Å². The highest BCUT2D eigenvalue weighted by Gasteiger charge is 2.31. The topological polar surface area (TPSA) is 61.4 Å². The number of nitrogens with one attached hydrogen (secondary N) is 1. The number of carbonyl (C=O) groups excluding carboxylic acids is 1. The molecular formula is C22H21Cl2N5O. The number of hydrogen-bond acceptors (Lipinski definition) is 5. The summed E-state index contributed by atoms with van der Waals surface area (Å²) >= 11 is 12.2. The van der Waals surface area contributed by atoms with Crippen molar-refractivity contribution in [2.45, 2.75) is 6.04 Å². The van der Waals surface area contributed by atoms with E-state index in [1.807, 2.05) is 30.3 Å². The van der Waals surface area contributed by atoms with Crippen LogP contribution in [0.4, 0.5) is 11.6 Å². The summed E-state index contributed by atoms with van der Waals surface area (Å²) in [5, 5.41) is 3.93. The van der Waals surface area contributed by atoms with Crippen LogP contribution in [0.25, 0.3) is 0 Å². The zero-order valence-electron chi connectivity index (χ0n) is 16.2. The minimum Gasteiger partial charge on any atom is -0.338 e. The molecule has 6 nitrogen and oxygen atoms in total. The van der Waals surface area contributed by atoms with Gasteiger partial charge >= 0.3 is 0 Å². The van der Waals surface area contributed by atoms with Crippen molar-refractivity contribution >= 4 is 40.7 Å². The molecule has 2 aromatic carbocycles. The van der Waals surface area contributed by atoms with Crippen molar-refractivity contribution in [3.8, 4) is 0 Å². The molecule has 0 saturated carbocycles. The molecule has 1 amide bonds. The Morgan fingerprint density at radius 1 is 0.900 bits per heavy atom. The second kappa shape index (κ2) is 9.43. The maximum absolute atomic E-state index is 13.3. The van der Waals surface area contributed by atoms with Gasteiger partial charge < -0.3 is 10.2 Å². The summed E-state index contributed by atoms with van der Waals surface area (Å²) in [6.45, 7) is 2.90. The third-order valence-electron chi connectivity index (χ3n) is 5.01. The molecule has 3 aromatic rings. The first-order valence-corrected chi connectivity index (χ1v) is 10.4. The van der Waals surface area contributed by atoms with Crippen molar-refractivity contribution in [1.82, 2.24) is 14.9 Å². The molecule has 1 aliphatic rings. The van der Waals surface area contributed by atoms with Gasteiger partial charge in [0, 0.05) is 54.3 Å². The van der Waals surface area contributed by atoms with E-state index in [2.05, 4.69) is 25.1 Å². The highest BCUT2D eigenvalue weighted by molar-refractivity contribution is 6.35. The molecule has 4 rings (SSSR count). The molecule has 1 N–H and O–H groups in total. The fourth-order valence-corrected chi connectivity index (χ4v) is 4.16. The lowest BCUT2D eigenvalue weighted by molar-refractivity contribution is -0.121. The largest absolute Gasteiger partial charge is 0.338 e. The number of benzene rings is 2. The second-order valence-corrected chi connectivity index (χ2v) is 7.91. The molecule has 0 aliphatic carbocycles. The smallest absolute Gasteiger partial charge is 0.246 e. The summed E-state index contributed by atoms with van der Waals surface area (Å²) in [4.78, 5) is 26.3. The average Bonchev–Trinajstić information content (AvgIpc) is 2.75. The summed E-state index contributed by atoms with van der Waals surface area (Å²) in [5.74, 6) is 0.593.